The number of aromatic nitrogens is 5. The molecule has 25 heavy (non-hydrogen) atoms. The molecule has 1 N–H and O–H groups in total. The predicted molar refractivity (Wildman–Crippen MR) is 97.7 cm³/mol. The Balaban J connectivity index is 1.39. The molecule has 0 unspecified atom stereocenters. The van der Waals surface area contributed by atoms with Crippen molar-refractivity contribution in [3.8, 4) is 0 Å². The largest absolute Gasteiger partial charge is 0.355 e. The maximum atomic E-state index is 12.0. The van der Waals surface area contributed by atoms with Crippen LogP contribution in [0.4, 0.5) is 0 Å². The number of amides is 1. The molecule has 0 saturated heterocycles. The van der Waals surface area contributed by atoms with Crippen molar-refractivity contribution >= 4 is 17.7 Å². The Morgan fingerprint density at radius 1 is 1.36 bits per heavy atom. The zero-order valence-electron chi connectivity index (χ0n) is 15.2. The molecule has 7 nitrogen and oxygen atoms in total. The molecular weight excluding hydrogens is 336 g/mol. The summed E-state index contributed by atoms with van der Waals surface area (Å²) in [5.74, 6) is 2.07. The van der Waals surface area contributed by atoms with Crippen LogP contribution in [0.2, 0.25) is 0 Å². The number of carbonyl (C=O) groups is 1. The molecule has 1 fully saturated rings. The highest BCUT2D eigenvalue weighted by Crippen LogP contribution is 2.39. The lowest BCUT2D eigenvalue weighted by molar-refractivity contribution is -0.118. The molecule has 1 aliphatic rings. The third kappa shape index (κ3) is 4.62. The van der Waals surface area contributed by atoms with Gasteiger partial charge in [-0.3, -0.25) is 9.48 Å². The van der Waals surface area contributed by atoms with Crippen LogP contribution in [-0.2, 0) is 17.9 Å². The minimum Gasteiger partial charge on any atom is -0.355 e. The van der Waals surface area contributed by atoms with E-state index in [0.29, 0.717) is 18.2 Å². The highest BCUT2D eigenvalue weighted by atomic mass is 32.2. The Hall–Kier alpha value is -1.83. The molecule has 0 radical (unpaired) electrons. The lowest BCUT2D eigenvalue weighted by Crippen LogP contribution is -2.27. The van der Waals surface area contributed by atoms with Crippen molar-refractivity contribution in [1.29, 1.82) is 0 Å². The summed E-state index contributed by atoms with van der Waals surface area (Å²) in [5.41, 5.74) is 2.19. The first-order valence-electron chi connectivity index (χ1n) is 8.92. The summed E-state index contributed by atoms with van der Waals surface area (Å²) in [6.07, 6.45) is 3.28. The van der Waals surface area contributed by atoms with Gasteiger partial charge < -0.3 is 9.88 Å². The molecule has 8 heteroatoms. The second kappa shape index (κ2) is 8.03. The van der Waals surface area contributed by atoms with Crippen molar-refractivity contribution in [3.05, 3.63) is 23.3 Å². The van der Waals surface area contributed by atoms with Crippen LogP contribution in [0.3, 0.4) is 0 Å². The van der Waals surface area contributed by atoms with Gasteiger partial charge in [0.15, 0.2) is 5.16 Å². The fourth-order valence-corrected chi connectivity index (χ4v) is 3.73. The summed E-state index contributed by atoms with van der Waals surface area (Å²) in [5, 5.41) is 16.8. The number of nitrogens with one attached hydrogen (secondary N) is 1. The smallest absolute Gasteiger partial charge is 0.230 e. The van der Waals surface area contributed by atoms with Gasteiger partial charge in [0.05, 0.1) is 11.4 Å². The molecular formula is C17H26N6OS. The topological polar surface area (TPSA) is 77.6 Å². The van der Waals surface area contributed by atoms with E-state index in [0.717, 1.165) is 41.9 Å². The average Bonchev–Trinajstić information content (AvgIpc) is 3.26. The quantitative estimate of drug-likeness (QED) is 0.547. The van der Waals surface area contributed by atoms with Crippen molar-refractivity contribution in [2.75, 3.05) is 12.3 Å². The van der Waals surface area contributed by atoms with Crippen LogP contribution in [0, 0.1) is 13.8 Å². The van der Waals surface area contributed by atoms with Crippen molar-refractivity contribution < 1.29 is 4.79 Å². The molecule has 1 aliphatic carbocycles. The SMILES string of the molecule is CCn1c(SCC(=O)NCCCn2nc(C)cc2C)nnc1C1CC1. The van der Waals surface area contributed by atoms with Crippen molar-refractivity contribution in [1.82, 2.24) is 29.9 Å². The second-order valence-electron chi connectivity index (χ2n) is 6.50. The molecule has 0 aliphatic heterocycles. The van der Waals surface area contributed by atoms with Gasteiger partial charge in [0.1, 0.15) is 5.82 Å². The number of thioether (sulfide) groups is 1. The van der Waals surface area contributed by atoms with Gasteiger partial charge in [0.25, 0.3) is 0 Å². The summed E-state index contributed by atoms with van der Waals surface area (Å²) in [6, 6.07) is 2.06. The molecule has 2 aromatic heterocycles. The van der Waals surface area contributed by atoms with E-state index in [1.54, 1.807) is 0 Å². The van der Waals surface area contributed by atoms with Crippen LogP contribution in [0.25, 0.3) is 0 Å². The van der Waals surface area contributed by atoms with Crippen LogP contribution >= 0.6 is 11.8 Å². The maximum Gasteiger partial charge on any atom is 0.230 e. The fraction of sp³-hybridized carbons (Fsp3) is 0.647. The third-order valence-electron chi connectivity index (χ3n) is 4.31. The lowest BCUT2D eigenvalue weighted by atomic mass is 10.4. The predicted octanol–water partition coefficient (Wildman–Crippen LogP) is 2.29. The average molecular weight is 363 g/mol. The first-order valence-corrected chi connectivity index (χ1v) is 9.90. The van der Waals surface area contributed by atoms with Gasteiger partial charge in [0.2, 0.25) is 5.91 Å². The molecule has 1 amide bonds. The number of nitrogens with zero attached hydrogens (tertiary/aromatic N) is 5. The number of rotatable bonds is 9. The maximum absolute atomic E-state index is 12.0. The first-order chi connectivity index (χ1) is 12.1. The molecule has 0 atom stereocenters. The summed E-state index contributed by atoms with van der Waals surface area (Å²) in [4.78, 5) is 12.0. The van der Waals surface area contributed by atoms with E-state index in [9.17, 15) is 4.79 Å². The van der Waals surface area contributed by atoms with Crippen LogP contribution in [0.1, 0.15) is 49.3 Å². The van der Waals surface area contributed by atoms with Gasteiger partial charge in [-0.2, -0.15) is 5.10 Å². The van der Waals surface area contributed by atoms with E-state index in [-0.39, 0.29) is 5.91 Å². The first kappa shape index (κ1) is 18.0. The van der Waals surface area contributed by atoms with Crippen LogP contribution in [0.5, 0.6) is 0 Å². The summed E-state index contributed by atoms with van der Waals surface area (Å²) >= 11 is 1.47. The minimum atomic E-state index is 0.0389. The van der Waals surface area contributed by atoms with Crippen molar-refractivity contribution in [2.24, 2.45) is 0 Å². The molecule has 1 saturated carbocycles. The molecule has 136 valence electrons. The van der Waals surface area contributed by atoms with E-state index in [1.807, 2.05) is 11.6 Å². The Bertz CT molecular complexity index is 734. The van der Waals surface area contributed by atoms with Crippen LogP contribution in [0.15, 0.2) is 11.2 Å². The van der Waals surface area contributed by atoms with Crippen molar-refractivity contribution in [2.45, 2.75) is 64.2 Å². The zero-order chi connectivity index (χ0) is 17.8. The lowest BCUT2D eigenvalue weighted by Gasteiger charge is -2.08. The molecule has 0 bridgehead atoms. The highest BCUT2D eigenvalue weighted by Gasteiger charge is 2.30. The zero-order valence-corrected chi connectivity index (χ0v) is 16.0. The monoisotopic (exact) mass is 362 g/mol. The van der Waals surface area contributed by atoms with Gasteiger partial charge >= 0.3 is 0 Å². The standard InChI is InChI=1S/C17H26N6OS/c1-4-22-16(14-6-7-14)19-20-17(22)25-11-15(24)18-8-5-9-23-13(3)10-12(2)21-23/h10,14H,4-9,11H2,1-3H3,(H,18,24). The molecule has 2 aromatic rings. The normalized spacial score (nSPS) is 14.0. The van der Waals surface area contributed by atoms with Gasteiger partial charge in [-0.1, -0.05) is 11.8 Å². The molecule has 0 aromatic carbocycles. The van der Waals surface area contributed by atoms with Gasteiger partial charge in [-0.05, 0) is 46.1 Å². The number of hydrogen-bond donors (Lipinski definition) is 1. The Labute approximate surface area is 152 Å². The van der Waals surface area contributed by atoms with Crippen molar-refractivity contribution in [3.63, 3.8) is 0 Å². The molecule has 3 rings (SSSR count). The molecule has 0 spiro atoms. The number of carbonyl (C=O) groups excluding carboxylic acids is 1. The Morgan fingerprint density at radius 2 is 2.16 bits per heavy atom. The second-order valence-corrected chi connectivity index (χ2v) is 7.44. The van der Waals surface area contributed by atoms with E-state index < -0.39 is 0 Å². The summed E-state index contributed by atoms with van der Waals surface area (Å²) < 4.78 is 4.12. The number of aryl methyl sites for hydroxylation is 3. The minimum absolute atomic E-state index is 0.0389. The Morgan fingerprint density at radius 3 is 2.80 bits per heavy atom. The summed E-state index contributed by atoms with van der Waals surface area (Å²) in [6.45, 7) is 8.47. The third-order valence-corrected chi connectivity index (χ3v) is 5.28. The molecule has 2 heterocycles. The van der Waals surface area contributed by atoms with Crippen LogP contribution < -0.4 is 5.32 Å². The van der Waals surface area contributed by atoms with Gasteiger partial charge in [-0.25, -0.2) is 0 Å². The van der Waals surface area contributed by atoms with E-state index >= 15 is 0 Å². The van der Waals surface area contributed by atoms with Gasteiger partial charge in [-0.15, -0.1) is 10.2 Å². The Kier molecular flexibility index (Phi) is 5.78. The van der Waals surface area contributed by atoms with E-state index in [1.165, 1.54) is 24.6 Å². The highest BCUT2D eigenvalue weighted by molar-refractivity contribution is 7.99. The number of hydrogen-bond acceptors (Lipinski definition) is 5. The van der Waals surface area contributed by atoms with Crippen LogP contribution in [-0.4, -0.2) is 42.7 Å². The van der Waals surface area contributed by atoms with Gasteiger partial charge in [0, 0.05) is 31.2 Å². The fourth-order valence-electron chi connectivity index (χ4n) is 2.89. The van der Waals surface area contributed by atoms with E-state index in [4.69, 9.17) is 0 Å². The summed E-state index contributed by atoms with van der Waals surface area (Å²) in [7, 11) is 0. The van der Waals surface area contributed by atoms with E-state index in [2.05, 4.69) is 45.1 Å².